The molecule has 1 heterocycles. The van der Waals surface area contributed by atoms with Gasteiger partial charge in [-0.15, -0.1) is 0 Å². The molecule has 3 N–H and O–H groups in total. The van der Waals surface area contributed by atoms with Crippen molar-refractivity contribution in [2.75, 3.05) is 5.32 Å². The van der Waals surface area contributed by atoms with E-state index in [0.29, 0.717) is 5.82 Å². The van der Waals surface area contributed by atoms with Crippen LogP contribution in [-0.4, -0.2) is 20.7 Å². The Morgan fingerprint density at radius 2 is 2.09 bits per heavy atom. The molecule has 0 saturated carbocycles. The maximum absolute atomic E-state index is 13.5. The van der Waals surface area contributed by atoms with Crippen LogP contribution in [-0.2, 0) is 12.1 Å². The highest BCUT2D eigenvalue weighted by atomic mass is 19.1. The lowest BCUT2D eigenvalue weighted by Crippen LogP contribution is -2.27. The summed E-state index contributed by atoms with van der Waals surface area (Å²) in [6, 6.07) is 3.05. The zero-order valence-corrected chi connectivity index (χ0v) is 12.6. The smallest absolute Gasteiger partial charge is 0.193 e. The van der Waals surface area contributed by atoms with Gasteiger partial charge in [-0.1, -0.05) is 0 Å². The van der Waals surface area contributed by atoms with Crippen LogP contribution in [0, 0.1) is 11.6 Å². The van der Waals surface area contributed by atoms with E-state index in [1.807, 2.05) is 20.8 Å². The fourth-order valence-corrected chi connectivity index (χ4v) is 1.86. The van der Waals surface area contributed by atoms with Crippen LogP contribution < -0.4 is 11.1 Å². The van der Waals surface area contributed by atoms with Gasteiger partial charge in [-0.25, -0.2) is 23.4 Å². The van der Waals surface area contributed by atoms with Crippen molar-refractivity contribution < 1.29 is 8.78 Å². The number of benzene rings is 1. The monoisotopic (exact) mass is 308 g/mol. The minimum Gasteiger partial charge on any atom is -0.370 e. The third-order valence-corrected chi connectivity index (χ3v) is 2.84. The van der Waals surface area contributed by atoms with E-state index >= 15 is 0 Å². The van der Waals surface area contributed by atoms with Crippen molar-refractivity contribution in [3.8, 4) is 0 Å². The van der Waals surface area contributed by atoms with Crippen molar-refractivity contribution in [2.24, 2.45) is 10.7 Å². The van der Waals surface area contributed by atoms with Crippen LogP contribution in [0.4, 0.5) is 14.5 Å². The summed E-state index contributed by atoms with van der Waals surface area (Å²) in [5.41, 5.74) is 5.38. The molecule has 0 saturated heterocycles. The van der Waals surface area contributed by atoms with Gasteiger partial charge in [-0.3, -0.25) is 0 Å². The van der Waals surface area contributed by atoms with E-state index < -0.39 is 11.6 Å². The van der Waals surface area contributed by atoms with Gasteiger partial charge in [-0.05, 0) is 32.9 Å². The summed E-state index contributed by atoms with van der Waals surface area (Å²) in [4.78, 5) is 8.20. The first-order valence-corrected chi connectivity index (χ1v) is 6.69. The Labute approximate surface area is 127 Å². The minimum atomic E-state index is -0.614. The Morgan fingerprint density at radius 3 is 2.77 bits per heavy atom. The van der Waals surface area contributed by atoms with E-state index in [-0.39, 0.29) is 23.7 Å². The zero-order chi connectivity index (χ0) is 16.3. The lowest BCUT2D eigenvalue weighted by molar-refractivity contribution is 0.342. The summed E-state index contributed by atoms with van der Waals surface area (Å²) in [5, 5.41) is 6.67. The minimum absolute atomic E-state index is 0.0343. The predicted molar refractivity (Wildman–Crippen MR) is 80.3 cm³/mol. The summed E-state index contributed by atoms with van der Waals surface area (Å²) in [7, 11) is 0. The average Bonchev–Trinajstić information content (AvgIpc) is 2.89. The second kappa shape index (κ2) is 6.08. The Hall–Kier alpha value is -2.51. The molecule has 0 atom stereocenters. The molecule has 1 aromatic carbocycles. The second-order valence-corrected chi connectivity index (χ2v) is 5.71. The average molecular weight is 308 g/mol. The van der Waals surface area contributed by atoms with Gasteiger partial charge in [0.1, 0.15) is 30.3 Å². The number of anilines is 1. The number of nitrogens with two attached hydrogens (primary N) is 1. The number of rotatable bonds is 3. The predicted octanol–water partition coefficient (Wildman–Crippen LogP) is 2.24. The van der Waals surface area contributed by atoms with Crippen LogP contribution in [0.2, 0.25) is 0 Å². The van der Waals surface area contributed by atoms with Crippen molar-refractivity contribution in [1.29, 1.82) is 0 Å². The van der Waals surface area contributed by atoms with E-state index in [2.05, 4.69) is 20.4 Å². The van der Waals surface area contributed by atoms with E-state index in [9.17, 15) is 8.78 Å². The summed E-state index contributed by atoms with van der Waals surface area (Å²) >= 11 is 0. The third-order valence-electron chi connectivity index (χ3n) is 2.84. The van der Waals surface area contributed by atoms with E-state index in [1.54, 1.807) is 4.68 Å². The fourth-order valence-electron chi connectivity index (χ4n) is 1.86. The SMILES string of the molecule is CC(C)(C)n1ncnc1CN=C(N)Nc1cc(F)ccc1F. The molecule has 0 radical (unpaired) electrons. The number of guanidine groups is 1. The van der Waals surface area contributed by atoms with Gasteiger partial charge >= 0.3 is 0 Å². The second-order valence-electron chi connectivity index (χ2n) is 5.71. The molecule has 0 unspecified atom stereocenters. The van der Waals surface area contributed by atoms with Crippen LogP contribution in [0.1, 0.15) is 26.6 Å². The number of halogens is 2. The number of aliphatic imine (C=N–C) groups is 1. The van der Waals surface area contributed by atoms with Crippen molar-refractivity contribution >= 4 is 11.6 Å². The van der Waals surface area contributed by atoms with Crippen LogP contribution in [0.15, 0.2) is 29.5 Å². The maximum atomic E-state index is 13.5. The van der Waals surface area contributed by atoms with Gasteiger partial charge in [0.15, 0.2) is 5.96 Å². The number of hydrogen-bond donors (Lipinski definition) is 2. The van der Waals surface area contributed by atoms with Gasteiger partial charge < -0.3 is 11.1 Å². The van der Waals surface area contributed by atoms with Gasteiger partial charge in [0, 0.05) is 6.07 Å². The Balaban J connectivity index is 2.11. The van der Waals surface area contributed by atoms with Crippen molar-refractivity contribution in [1.82, 2.24) is 14.8 Å². The molecule has 0 aliphatic heterocycles. The van der Waals surface area contributed by atoms with Crippen molar-refractivity contribution in [3.63, 3.8) is 0 Å². The fraction of sp³-hybridized carbons (Fsp3) is 0.357. The highest BCUT2D eigenvalue weighted by molar-refractivity contribution is 5.92. The van der Waals surface area contributed by atoms with Gasteiger partial charge in [-0.2, -0.15) is 5.10 Å². The molecule has 118 valence electrons. The lowest BCUT2D eigenvalue weighted by atomic mass is 10.1. The van der Waals surface area contributed by atoms with Crippen molar-refractivity contribution in [3.05, 3.63) is 42.0 Å². The molecule has 0 amide bonds. The molecule has 8 heteroatoms. The van der Waals surface area contributed by atoms with Crippen LogP contribution in [0.25, 0.3) is 0 Å². The molecule has 2 aromatic rings. The summed E-state index contributed by atoms with van der Waals surface area (Å²) < 4.78 is 28.3. The zero-order valence-electron chi connectivity index (χ0n) is 12.6. The molecule has 0 bridgehead atoms. The topological polar surface area (TPSA) is 81.1 Å². The first kappa shape index (κ1) is 15.9. The van der Waals surface area contributed by atoms with Crippen LogP contribution in [0.5, 0.6) is 0 Å². The Kier molecular flexibility index (Phi) is 4.39. The molecule has 0 aliphatic rings. The number of nitrogens with one attached hydrogen (secondary N) is 1. The van der Waals surface area contributed by atoms with E-state index in [1.165, 1.54) is 6.33 Å². The van der Waals surface area contributed by atoms with Gasteiger partial charge in [0.25, 0.3) is 0 Å². The molecular formula is C14H18F2N6. The largest absolute Gasteiger partial charge is 0.370 e. The Bertz CT molecular complexity index is 687. The number of aromatic nitrogens is 3. The molecule has 6 nitrogen and oxygen atoms in total. The first-order chi connectivity index (χ1) is 10.3. The number of hydrogen-bond acceptors (Lipinski definition) is 3. The highest BCUT2D eigenvalue weighted by Gasteiger charge is 2.18. The lowest BCUT2D eigenvalue weighted by Gasteiger charge is -2.20. The van der Waals surface area contributed by atoms with Crippen LogP contribution in [0.3, 0.4) is 0 Å². The summed E-state index contributed by atoms with van der Waals surface area (Å²) in [5.74, 6) is -0.591. The molecule has 0 aliphatic carbocycles. The molecule has 0 fully saturated rings. The first-order valence-electron chi connectivity index (χ1n) is 6.69. The maximum Gasteiger partial charge on any atom is 0.193 e. The highest BCUT2D eigenvalue weighted by Crippen LogP contribution is 2.16. The van der Waals surface area contributed by atoms with Gasteiger partial charge in [0.05, 0.1) is 11.2 Å². The van der Waals surface area contributed by atoms with Gasteiger partial charge in [0.2, 0.25) is 0 Å². The van der Waals surface area contributed by atoms with E-state index in [4.69, 9.17) is 5.73 Å². The van der Waals surface area contributed by atoms with Crippen molar-refractivity contribution in [2.45, 2.75) is 32.9 Å². The third kappa shape index (κ3) is 3.78. The number of nitrogens with zero attached hydrogens (tertiary/aromatic N) is 4. The molecule has 0 spiro atoms. The summed E-state index contributed by atoms with van der Waals surface area (Å²) in [6.45, 7) is 6.13. The molecule has 2 rings (SSSR count). The molecule has 22 heavy (non-hydrogen) atoms. The molecule has 1 aromatic heterocycles. The summed E-state index contributed by atoms with van der Waals surface area (Å²) in [6.07, 6.45) is 1.44. The van der Waals surface area contributed by atoms with E-state index in [0.717, 1.165) is 18.2 Å². The quantitative estimate of drug-likeness (QED) is 0.673. The van der Waals surface area contributed by atoms with Crippen LogP contribution >= 0.6 is 0 Å². The molecular weight excluding hydrogens is 290 g/mol. The normalized spacial score (nSPS) is 12.5. The standard InChI is InChI=1S/C14H18F2N6/c1-14(2,3)22-12(19-8-20-22)7-18-13(17)21-11-6-9(15)4-5-10(11)16/h4-6,8H,7H2,1-3H3,(H3,17,18,21). The Morgan fingerprint density at radius 1 is 1.36 bits per heavy atom.